The molecule has 0 spiro atoms. The first kappa shape index (κ1) is 13.5. The van der Waals surface area contributed by atoms with Crippen molar-refractivity contribution in [1.82, 2.24) is 20.1 Å². The van der Waals surface area contributed by atoms with Gasteiger partial charge in [-0.1, -0.05) is 0 Å². The maximum Gasteiger partial charge on any atom is 0.319 e. The number of nitrogens with zero attached hydrogens (tertiary/aromatic N) is 4. The molecule has 1 aromatic carbocycles. The molecule has 0 radical (unpaired) electrons. The number of nitriles is 1. The zero-order valence-corrected chi connectivity index (χ0v) is 10.6. The highest BCUT2D eigenvalue weighted by Crippen LogP contribution is 2.15. The summed E-state index contributed by atoms with van der Waals surface area (Å²) in [5.74, 6) is 0.0476. The molecule has 0 aliphatic heterocycles. The van der Waals surface area contributed by atoms with Crippen molar-refractivity contribution >= 4 is 11.7 Å². The van der Waals surface area contributed by atoms with Crippen LogP contribution in [0.4, 0.5) is 14.9 Å². The second-order valence-corrected chi connectivity index (χ2v) is 3.97. The maximum atomic E-state index is 13.0. The summed E-state index contributed by atoms with van der Waals surface area (Å²) in [4.78, 5) is 11.7. The molecule has 0 atom stereocenters. The molecule has 7 nitrogen and oxygen atoms in total. The van der Waals surface area contributed by atoms with Crippen LogP contribution >= 0.6 is 0 Å². The average Bonchev–Trinajstić information content (AvgIpc) is 2.84. The summed E-state index contributed by atoms with van der Waals surface area (Å²) in [6.45, 7) is 0.186. The summed E-state index contributed by atoms with van der Waals surface area (Å²) in [6, 6.07) is 4.84. The summed E-state index contributed by atoms with van der Waals surface area (Å²) in [5, 5.41) is 21.4. The minimum atomic E-state index is -0.536. The van der Waals surface area contributed by atoms with Gasteiger partial charge in [-0.25, -0.2) is 9.18 Å². The molecule has 0 unspecified atom stereocenters. The van der Waals surface area contributed by atoms with Crippen molar-refractivity contribution < 1.29 is 9.18 Å². The molecular weight excluding hydrogens is 263 g/mol. The SMILES string of the molecule is Cn1cnnc1CNC(=O)Nc1ccc(F)cc1C#N. The summed E-state index contributed by atoms with van der Waals surface area (Å²) in [7, 11) is 1.75. The largest absolute Gasteiger partial charge is 0.331 e. The van der Waals surface area contributed by atoms with Crippen LogP contribution in [0, 0.1) is 17.1 Å². The lowest BCUT2D eigenvalue weighted by Gasteiger charge is -2.08. The van der Waals surface area contributed by atoms with E-state index in [0.717, 1.165) is 6.07 Å². The Kier molecular flexibility index (Phi) is 3.91. The molecule has 102 valence electrons. The Morgan fingerprint density at radius 1 is 1.55 bits per heavy atom. The van der Waals surface area contributed by atoms with Gasteiger partial charge in [-0.05, 0) is 18.2 Å². The molecular formula is C12H11FN6O. The van der Waals surface area contributed by atoms with Gasteiger partial charge in [-0.15, -0.1) is 10.2 Å². The zero-order valence-electron chi connectivity index (χ0n) is 10.6. The Morgan fingerprint density at radius 3 is 3.00 bits per heavy atom. The van der Waals surface area contributed by atoms with E-state index in [0.29, 0.717) is 5.82 Å². The minimum Gasteiger partial charge on any atom is -0.331 e. The number of carbonyl (C=O) groups is 1. The predicted molar refractivity (Wildman–Crippen MR) is 68.0 cm³/mol. The molecule has 1 heterocycles. The third-order valence-electron chi connectivity index (χ3n) is 2.56. The predicted octanol–water partition coefficient (Wildman–Crippen LogP) is 1.15. The molecule has 2 rings (SSSR count). The average molecular weight is 274 g/mol. The quantitative estimate of drug-likeness (QED) is 0.877. The number of rotatable bonds is 3. The van der Waals surface area contributed by atoms with Crippen LogP contribution in [0.5, 0.6) is 0 Å². The summed E-state index contributed by atoms with van der Waals surface area (Å²) in [5.41, 5.74) is 0.295. The number of halogens is 1. The van der Waals surface area contributed by atoms with Crippen molar-refractivity contribution in [3.8, 4) is 6.07 Å². The lowest BCUT2D eigenvalue weighted by atomic mass is 10.2. The highest BCUT2D eigenvalue weighted by atomic mass is 19.1. The van der Waals surface area contributed by atoms with Crippen molar-refractivity contribution in [2.24, 2.45) is 7.05 Å². The number of carbonyl (C=O) groups excluding carboxylic acids is 1. The van der Waals surface area contributed by atoms with Gasteiger partial charge in [0.2, 0.25) is 0 Å². The van der Waals surface area contributed by atoms with Gasteiger partial charge < -0.3 is 15.2 Å². The van der Waals surface area contributed by atoms with Crippen molar-refractivity contribution in [3.63, 3.8) is 0 Å². The molecule has 1 aromatic heterocycles. The molecule has 8 heteroatoms. The zero-order chi connectivity index (χ0) is 14.5. The first-order valence-electron chi connectivity index (χ1n) is 5.67. The molecule has 0 bridgehead atoms. The van der Waals surface area contributed by atoms with Crippen LogP contribution in [0.15, 0.2) is 24.5 Å². The van der Waals surface area contributed by atoms with Gasteiger partial charge in [0.15, 0.2) is 5.82 Å². The number of anilines is 1. The van der Waals surface area contributed by atoms with E-state index in [1.54, 1.807) is 11.6 Å². The first-order valence-corrected chi connectivity index (χ1v) is 5.67. The summed E-state index contributed by atoms with van der Waals surface area (Å²) < 4.78 is 14.6. The Balaban J connectivity index is 1.99. The summed E-state index contributed by atoms with van der Waals surface area (Å²) >= 11 is 0. The topological polar surface area (TPSA) is 95.6 Å². The van der Waals surface area contributed by atoms with Gasteiger partial charge in [0, 0.05) is 7.05 Å². The highest BCUT2D eigenvalue weighted by Gasteiger charge is 2.08. The Labute approximate surface area is 114 Å². The van der Waals surface area contributed by atoms with E-state index in [1.807, 2.05) is 6.07 Å². The smallest absolute Gasteiger partial charge is 0.319 e. The second kappa shape index (κ2) is 5.79. The molecule has 0 aliphatic carbocycles. The molecule has 2 amide bonds. The van der Waals surface area contributed by atoms with Gasteiger partial charge >= 0.3 is 6.03 Å². The second-order valence-electron chi connectivity index (χ2n) is 3.97. The van der Waals surface area contributed by atoms with Crippen molar-refractivity contribution in [3.05, 3.63) is 41.7 Å². The van der Waals surface area contributed by atoms with E-state index in [2.05, 4.69) is 20.8 Å². The van der Waals surface area contributed by atoms with E-state index in [4.69, 9.17) is 5.26 Å². The Morgan fingerprint density at radius 2 is 2.35 bits per heavy atom. The lowest BCUT2D eigenvalue weighted by molar-refractivity contribution is 0.251. The van der Waals surface area contributed by atoms with E-state index in [1.165, 1.54) is 18.5 Å². The number of urea groups is 1. The van der Waals surface area contributed by atoms with Crippen LogP contribution in [0.2, 0.25) is 0 Å². The third kappa shape index (κ3) is 3.08. The Hall–Kier alpha value is -2.95. The summed E-state index contributed by atoms with van der Waals surface area (Å²) in [6.07, 6.45) is 1.52. The molecule has 20 heavy (non-hydrogen) atoms. The monoisotopic (exact) mass is 274 g/mol. The van der Waals surface area contributed by atoms with E-state index in [-0.39, 0.29) is 17.8 Å². The fourth-order valence-corrected chi connectivity index (χ4v) is 1.51. The van der Waals surface area contributed by atoms with Crippen LogP contribution in [-0.4, -0.2) is 20.8 Å². The number of hydrogen-bond donors (Lipinski definition) is 2. The van der Waals surface area contributed by atoms with E-state index >= 15 is 0 Å². The van der Waals surface area contributed by atoms with E-state index < -0.39 is 11.8 Å². The standard InChI is InChI=1S/C12H11FN6O/c1-19-7-16-18-11(19)6-15-12(20)17-10-3-2-9(13)4-8(10)5-14/h2-4,7H,6H2,1H3,(H2,15,17,20). The molecule has 2 N–H and O–H groups in total. The number of benzene rings is 1. The van der Waals surface area contributed by atoms with Crippen LogP contribution in [0.25, 0.3) is 0 Å². The van der Waals surface area contributed by atoms with Crippen molar-refractivity contribution in [2.75, 3.05) is 5.32 Å². The fraction of sp³-hybridized carbons (Fsp3) is 0.167. The molecule has 2 aromatic rings. The maximum absolute atomic E-state index is 13.0. The minimum absolute atomic E-state index is 0.0545. The van der Waals surface area contributed by atoms with Crippen molar-refractivity contribution in [1.29, 1.82) is 5.26 Å². The molecule has 0 saturated carbocycles. The number of aryl methyl sites for hydroxylation is 1. The van der Waals surface area contributed by atoms with Gasteiger partial charge in [-0.2, -0.15) is 5.26 Å². The highest BCUT2D eigenvalue weighted by molar-refractivity contribution is 5.90. The van der Waals surface area contributed by atoms with Gasteiger partial charge in [0.25, 0.3) is 0 Å². The van der Waals surface area contributed by atoms with Crippen LogP contribution < -0.4 is 10.6 Å². The Bertz CT molecular complexity index is 675. The number of amides is 2. The normalized spacial score (nSPS) is 9.85. The van der Waals surface area contributed by atoms with Gasteiger partial charge in [0.05, 0.1) is 17.8 Å². The molecule has 0 saturated heterocycles. The van der Waals surface area contributed by atoms with Crippen LogP contribution in [0.3, 0.4) is 0 Å². The van der Waals surface area contributed by atoms with E-state index in [9.17, 15) is 9.18 Å². The number of hydrogen-bond acceptors (Lipinski definition) is 4. The molecule has 0 fully saturated rings. The van der Waals surface area contributed by atoms with Crippen LogP contribution in [-0.2, 0) is 13.6 Å². The van der Waals surface area contributed by atoms with Crippen molar-refractivity contribution in [2.45, 2.75) is 6.54 Å². The number of aromatic nitrogens is 3. The molecule has 0 aliphatic rings. The fourth-order valence-electron chi connectivity index (χ4n) is 1.51. The third-order valence-corrected chi connectivity index (χ3v) is 2.56. The number of nitrogens with one attached hydrogen (secondary N) is 2. The van der Waals surface area contributed by atoms with Gasteiger partial charge in [0.1, 0.15) is 18.2 Å². The van der Waals surface area contributed by atoms with Gasteiger partial charge in [-0.3, -0.25) is 0 Å². The lowest BCUT2D eigenvalue weighted by Crippen LogP contribution is -2.29. The first-order chi connectivity index (χ1) is 9.60. The van der Waals surface area contributed by atoms with Crippen LogP contribution in [0.1, 0.15) is 11.4 Å².